The lowest BCUT2D eigenvalue weighted by atomic mass is 9.92. The van der Waals surface area contributed by atoms with Gasteiger partial charge in [-0.3, -0.25) is 0 Å². The lowest BCUT2D eigenvalue weighted by molar-refractivity contribution is 0.636. The molecule has 1 aromatic heterocycles. The number of fused-ring (bicyclic) bond motifs is 8. The van der Waals surface area contributed by atoms with Crippen LogP contribution in [0.15, 0.2) is 190 Å². The first kappa shape index (κ1) is 28.0. The van der Waals surface area contributed by atoms with Crippen LogP contribution in [-0.2, 0) is 0 Å². The van der Waals surface area contributed by atoms with Crippen molar-refractivity contribution in [1.29, 1.82) is 0 Å². The normalized spacial score (nSPS) is 12.4. The first-order valence-corrected chi connectivity index (χ1v) is 17.4. The van der Waals surface area contributed by atoms with Gasteiger partial charge in [-0.2, -0.15) is 0 Å². The highest BCUT2D eigenvalue weighted by Gasteiger charge is 2.25. The van der Waals surface area contributed by atoms with Crippen molar-refractivity contribution in [3.05, 3.63) is 176 Å². The van der Waals surface area contributed by atoms with Gasteiger partial charge >= 0.3 is 0 Å². The summed E-state index contributed by atoms with van der Waals surface area (Å²) in [4.78, 5) is 4.90. The number of hydrogen-bond donors (Lipinski definition) is 0. The molecule has 1 aliphatic heterocycles. The molecule has 2 heterocycles. The molecule has 0 saturated heterocycles. The smallest absolute Gasteiger partial charge is 0.143 e. The Hall–Kier alpha value is -6.03. The topological polar surface area (TPSA) is 16.4 Å². The molecule has 0 atom stereocenters. The fraction of sp³-hybridized carbons (Fsp3) is 0. The van der Waals surface area contributed by atoms with Crippen molar-refractivity contribution in [2.24, 2.45) is 0 Å². The third-order valence-electron chi connectivity index (χ3n) is 9.67. The highest BCUT2D eigenvalue weighted by molar-refractivity contribution is 7.99. The molecule has 0 saturated carbocycles. The van der Waals surface area contributed by atoms with Gasteiger partial charge in [-0.1, -0.05) is 151 Å². The van der Waals surface area contributed by atoms with Crippen LogP contribution in [0.5, 0.6) is 0 Å². The Balaban J connectivity index is 1.08. The zero-order valence-electron chi connectivity index (χ0n) is 26.5. The molecular formula is C46H29NOS. The van der Waals surface area contributed by atoms with Crippen LogP contribution in [0.3, 0.4) is 0 Å². The van der Waals surface area contributed by atoms with Crippen molar-refractivity contribution < 1.29 is 4.42 Å². The Kier molecular flexibility index (Phi) is 6.46. The second kappa shape index (κ2) is 11.3. The van der Waals surface area contributed by atoms with Crippen molar-refractivity contribution in [3.63, 3.8) is 0 Å². The number of rotatable bonds is 4. The lowest BCUT2D eigenvalue weighted by Crippen LogP contribution is -2.14. The first-order chi connectivity index (χ1) is 24.3. The Labute approximate surface area is 288 Å². The van der Waals surface area contributed by atoms with Gasteiger partial charge in [0.15, 0.2) is 0 Å². The van der Waals surface area contributed by atoms with Gasteiger partial charge in [0, 0.05) is 37.4 Å². The summed E-state index contributed by atoms with van der Waals surface area (Å²) in [5.74, 6) is 0.893. The monoisotopic (exact) mass is 643 g/mol. The maximum absolute atomic E-state index is 6.94. The van der Waals surface area contributed by atoms with E-state index in [9.17, 15) is 0 Å². The molecule has 230 valence electrons. The summed E-state index contributed by atoms with van der Waals surface area (Å²) in [6.07, 6.45) is 0. The van der Waals surface area contributed by atoms with Crippen LogP contribution in [0.1, 0.15) is 0 Å². The van der Waals surface area contributed by atoms with E-state index < -0.39 is 0 Å². The largest absolute Gasteiger partial charge is 0.455 e. The highest BCUT2D eigenvalue weighted by atomic mass is 32.2. The zero-order chi connectivity index (χ0) is 32.3. The summed E-state index contributed by atoms with van der Waals surface area (Å²) in [5, 5.41) is 5.95. The molecule has 1 aliphatic rings. The quantitative estimate of drug-likeness (QED) is 0.178. The van der Waals surface area contributed by atoms with Gasteiger partial charge in [0.05, 0.1) is 11.4 Å². The van der Waals surface area contributed by atoms with Crippen molar-refractivity contribution >= 4 is 61.3 Å². The van der Waals surface area contributed by atoms with E-state index in [1.165, 1.54) is 48.5 Å². The van der Waals surface area contributed by atoms with Gasteiger partial charge < -0.3 is 9.32 Å². The van der Waals surface area contributed by atoms with Crippen LogP contribution >= 0.6 is 11.8 Å². The highest BCUT2D eigenvalue weighted by Crippen LogP contribution is 2.51. The lowest BCUT2D eigenvalue weighted by Gasteiger charge is -2.32. The Morgan fingerprint density at radius 1 is 0.388 bits per heavy atom. The fourth-order valence-electron chi connectivity index (χ4n) is 7.41. The van der Waals surface area contributed by atoms with Gasteiger partial charge in [-0.15, -0.1) is 0 Å². The summed E-state index contributed by atoms with van der Waals surface area (Å²) in [5.41, 5.74) is 10.2. The summed E-state index contributed by atoms with van der Waals surface area (Å²) in [7, 11) is 0. The van der Waals surface area contributed by atoms with Crippen molar-refractivity contribution in [1.82, 2.24) is 0 Å². The Bertz CT molecular complexity index is 2630. The van der Waals surface area contributed by atoms with E-state index in [0.717, 1.165) is 44.5 Å². The number of nitrogens with zero attached hydrogens (tertiary/aromatic N) is 1. The Morgan fingerprint density at radius 2 is 0.878 bits per heavy atom. The molecule has 0 amide bonds. The van der Waals surface area contributed by atoms with E-state index in [-0.39, 0.29) is 0 Å². The molecule has 49 heavy (non-hydrogen) atoms. The van der Waals surface area contributed by atoms with Gasteiger partial charge in [-0.25, -0.2) is 0 Å². The SMILES string of the molecule is c1ccc(-c2c(-c3ccc(-c4ccc(N5c6ccccc6Sc6ccccc65)cc4)cc3)oc3c4ccccc4c4ccccc4c23)cc1. The van der Waals surface area contributed by atoms with Gasteiger partial charge in [0.25, 0.3) is 0 Å². The maximum atomic E-state index is 6.94. The Morgan fingerprint density at radius 3 is 1.53 bits per heavy atom. The van der Waals surface area contributed by atoms with Gasteiger partial charge in [-0.05, 0) is 69.2 Å². The van der Waals surface area contributed by atoms with Crippen LogP contribution in [0.25, 0.3) is 66.1 Å². The number of furan rings is 1. The van der Waals surface area contributed by atoms with Crippen LogP contribution in [0.2, 0.25) is 0 Å². The van der Waals surface area contributed by atoms with E-state index in [4.69, 9.17) is 4.42 Å². The van der Waals surface area contributed by atoms with E-state index in [0.29, 0.717) is 0 Å². The minimum Gasteiger partial charge on any atom is -0.455 e. The average Bonchev–Trinajstić information content (AvgIpc) is 3.59. The molecule has 0 spiro atoms. The maximum Gasteiger partial charge on any atom is 0.143 e. The van der Waals surface area contributed by atoms with Crippen LogP contribution in [-0.4, -0.2) is 0 Å². The van der Waals surface area contributed by atoms with Crippen molar-refractivity contribution in [3.8, 4) is 33.6 Å². The van der Waals surface area contributed by atoms with Crippen LogP contribution < -0.4 is 4.90 Å². The van der Waals surface area contributed by atoms with Crippen molar-refractivity contribution in [2.75, 3.05) is 4.90 Å². The molecule has 9 aromatic rings. The zero-order valence-corrected chi connectivity index (χ0v) is 27.3. The molecule has 0 fully saturated rings. The molecule has 3 heteroatoms. The van der Waals surface area contributed by atoms with E-state index in [1.807, 2.05) is 11.8 Å². The summed E-state index contributed by atoms with van der Waals surface area (Å²) in [6, 6.07) is 63.0. The van der Waals surface area contributed by atoms with Crippen LogP contribution in [0, 0.1) is 0 Å². The number of benzene rings is 8. The third kappa shape index (κ3) is 4.51. The molecule has 10 rings (SSSR count). The van der Waals surface area contributed by atoms with E-state index in [2.05, 4.69) is 181 Å². The molecule has 0 aliphatic carbocycles. The number of anilines is 3. The standard InChI is InChI=1S/C46H29NOS/c1-2-12-32(13-3-1)43-44-37-16-6-4-14-35(37)36-15-5-7-17-38(36)46(44)48-45(43)33-24-22-30(23-25-33)31-26-28-34(29-27-31)47-39-18-8-10-20-41(39)49-42-21-11-9-19-40(42)47/h1-29H. The summed E-state index contributed by atoms with van der Waals surface area (Å²) >= 11 is 1.83. The predicted molar refractivity (Wildman–Crippen MR) is 206 cm³/mol. The second-order valence-electron chi connectivity index (χ2n) is 12.5. The molecule has 8 aromatic carbocycles. The molecule has 0 radical (unpaired) electrons. The number of hydrogen-bond acceptors (Lipinski definition) is 3. The van der Waals surface area contributed by atoms with Crippen molar-refractivity contribution in [2.45, 2.75) is 9.79 Å². The molecular weight excluding hydrogens is 615 g/mol. The fourth-order valence-corrected chi connectivity index (χ4v) is 8.47. The number of para-hydroxylation sites is 2. The third-order valence-corrected chi connectivity index (χ3v) is 10.8. The predicted octanol–water partition coefficient (Wildman–Crippen LogP) is 13.7. The molecule has 2 nitrogen and oxygen atoms in total. The molecule has 0 bridgehead atoms. The first-order valence-electron chi connectivity index (χ1n) is 16.6. The summed E-state index contributed by atoms with van der Waals surface area (Å²) < 4.78 is 6.94. The van der Waals surface area contributed by atoms with Gasteiger partial charge in [0.2, 0.25) is 0 Å². The molecule has 0 N–H and O–H groups in total. The second-order valence-corrected chi connectivity index (χ2v) is 13.5. The van der Waals surface area contributed by atoms with Gasteiger partial charge in [0.1, 0.15) is 11.3 Å². The van der Waals surface area contributed by atoms with E-state index in [1.54, 1.807) is 0 Å². The molecule has 0 unspecified atom stereocenters. The summed E-state index contributed by atoms with van der Waals surface area (Å²) in [6.45, 7) is 0. The van der Waals surface area contributed by atoms with Crippen LogP contribution in [0.4, 0.5) is 17.1 Å². The average molecular weight is 644 g/mol. The van der Waals surface area contributed by atoms with E-state index >= 15 is 0 Å². The minimum absolute atomic E-state index is 0.893. The minimum atomic E-state index is 0.893.